The summed E-state index contributed by atoms with van der Waals surface area (Å²) in [4.78, 5) is 131. The minimum absolute atomic E-state index is 0.0445. The normalized spacial score (nSPS) is 20.7. The molecule has 5 aliphatic rings. The van der Waals surface area contributed by atoms with E-state index in [1.165, 1.54) is 53.7 Å². The Hall–Kier alpha value is -13.1. The topological polar surface area (TPSA) is 359 Å². The second-order valence-corrected chi connectivity index (χ2v) is 30.5. The molecule has 4 N–H and O–H groups in total. The van der Waals surface area contributed by atoms with Gasteiger partial charge in [-0.15, -0.1) is 0 Å². The molecule has 612 valence electrons. The maximum Gasteiger partial charge on any atom is 0.334 e. The van der Waals surface area contributed by atoms with Crippen molar-refractivity contribution in [1.29, 1.82) is 0 Å². The number of aryl methyl sites for hydroxylation is 1. The predicted octanol–water partition coefficient (Wildman–Crippen LogP) is 8.29. The zero-order valence-corrected chi connectivity index (χ0v) is 67.6. The maximum absolute atomic E-state index is 13.1. The van der Waals surface area contributed by atoms with Crippen LogP contribution in [-0.4, -0.2) is 198 Å². The van der Waals surface area contributed by atoms with Crippen LogP contribution in [0.15, 0.2) is 284 Å². The lowest BCUT2D eigenvalue weighted by atomic mass is 9.87. The number of cyclic esters (lactones) is 2. The van der Waals surface area contributed by atoms with Crippen LogP contribution in [0.4, 0.5) is 0 Å². The Bertz CT molecular complexity index is 5130. The SMILES string of the molecule is CC(=O)/C=C1\NC(CCO)(Cc2ccncc2)C(=O)N1C.CC(=O)/C=C1\NC(CCOS(C)(=O)=O)(Cc2ccncc2)C(=O)N1C.CC(=O)/C=C1\NC(CCn2ccnc2)(Cc2ccncc2)C(=O)N1C.O=C1OCCC1(Cc1ccncc1)N=C(c1ccccc1)c1ccccc1.O=C1OCCC1N=C(c1ccccc1)c1ccccc1. The van der Waals surface area contributed by atoms with E-state index in [1.54, 1.807) is 95.4 Å². The molecule has 29 heteroatoms. The fourth-order valence-electron chi connectivity index (χ4n) is 14.0. The minimum atomic E-state index is -3.61. The summed E-state index contributed by atoms with van der Waals surface area (Å²) in [6, 6.07) is 54.3. The number of hydrogen-bond donors (Lipinski definition) is 4. The number of benzene rings is 4. The first-order chi connectivity index (χ1) is 56.7. The Kier molecular flexibility index (Phi) is 30.3. The number of nitrogens with one attached hydrogen (secondary N) is 3. The fourth-order valence-corrected chi connectivity index (χ4v) is 14.4. The monoisotopic (exact) mass is 1620 g/mol. The Morgan fingerprint density at radius 3 is 1.20 bits per heavy atom. The van der Waals surface area contributed by atoms with Gasteiger partial charge in [-0.05, 0) is 98.0 Å². The number of aliphatic hydroxyl groups excluding tert-OH is 1. The third-order valence-electron chi connectivity index (χ3n) is 19.9. The van der Waals surface area contributed by atoms with Gasteiger partial charge >= 0.3 is 11.9 Å². The summed E-state index contributed by atoms with van der Waals surface area (Å²) in [6.45, 7) is 5.53. The number of ether oxygens (including phenoxy) is 2. The van der Waals surface area contributed by atoms with Gasteiger partial charge in [-0.25, -0.2) is 14.6 Å². The number of carbonyl (C=O) groups is 8. The van der Waals surface area contributed by atoms with E-state index >= 15 is 0 Å². The summed E-state index contributed by atoms with van der Waals surface area (Å²) in [5, 5.41) is 18.9. The number of carbonyl (C=O) groups excluding carboxylic acids is 8. The fraction of sp³-hybridized carbons (Fsp3) is 0.292. The number of hydrogen-bond acceptors (Lipinski definition) is 24. The van der Waals surface area contributed by atoms with Gasteiger partial charge in [0.15, 0.2) is 28.9 Å². The predicted molar refractivity (Wildman–Crippen MR) is 443 cm³/mol. The van der Waals surface area contributed by atoms with Gasteiger partial charge in [0.25, 0.3) is 27.8 Å². The molecule has 0 spiro atoms. The molecular weight excluding hydrogens is 1520 g/mol. The Morgan fingerprint density at radius 2 is 0.873 bits per heavy atom. The van der Waals surface area contributed by atoms with Crippen LogP contribution in [0.25, 0.3) is 0 Å². The number of likely N-dealkylation sites (N-methyl/N-ethyl adjacent to an activating group) is 3. The molecule has 28 nitrogen and oxygen atoms in total. The number of amides is 3. The second kappa shape index (κ2) is 40.9. The van der Waals surface area contributed by atoms with Gasteiger partial charge < -0.3 is 35.1 Å². The summed E-state index contributed by atoms with van der Waals surface area (Å²) in [5.74, 6) is 0.00872. The lowest BCUT2D eigenvalue weighted by Crippen LogP contribution is -2.49. The molecule has 3 amide bonds. The second-order valence-electron chi connectivity index (χ2n) is 28.9. The van der Waals surface area contributed by atoms with Crippen LogP contribution >= 0.6 is 0 Å². The van der Waals surface area contributed by atoms with Gasteiger partial charge in [0.1, 0.15) is 34.1 Å². The molecule has 4 aromatic carbocycles. The van der Waals surface area contributed by atoms with Gasteiger partial charge in [-0.3, -0.25) is 77.6 Å². The first-order valence-electron chi connectivity index (χ1n) is 38.3. The Labute approximate surface area is 686 Å². The number of esters is 2. The van der Waals surface area contributed by atoms with Crippen molar-refractivity contribution < 1.29 is 65.5 Å². The third-order valence-corrected chi connectivity index (χ3v) is 20.5. The van der Waals surface area contributed by atoms with Crippen LogP contribution in [0, 0.1) is 0 Å². The zero-order chi connectivity index (χ0) is 84.3. The third kappa shape index (κ3) is 23.6. The van der Waals surface area contributed by atoms with E-state index in [0.717, 1.165) is 62.2 Å². The first-order valence-corrected chi connectivity index (χ1v) is 40.1. The average molecular weight is 1620 g/mol. The van der Waals surface area contributed by atoms with Crippen molar-refractivity contribution in [3.63, 3.8) is 0 Å². The van der Waals surface area contributed by atoms with Crippen LogP contribution in [0.1, 0.15) is 97.4 Å². The Balaban J connectivity index is 0.000000156. The lowest BCUT2D eigenvalue weighted by Gasteiger charge is -2.27. The number of aromatic nitrogens is 6. The van der Waals surface area contributed by atoms with E-state index in [-0.39, 0.29) is 79.1 Å². The highest BCUT2D eigenvalue weighted by atomic mass is 32.2. The highest BCUT2D eigenvalue weighted by molar-refractivity contribution is 7.86. The molecule has 9 aromatic rings. The maximum atomic E-state index is 13.1. The smallest absolute Gasteiger partial charge is 0.334 e. The lowest BCUT2D eigenvalue weighted by molar-refractivity contribution is -0.142. The quantitative estimate of drug-likeness (QED) is 0.0171. The number of rotatable bonds is 26. The molecule has 5 unspecified atom stereocenters. The minimum Gasteiger partial charge on any atom is -0.464 e. The van der Waals surface area contributed by atoms with Gasteiger partial charge in [0.05, 0.1) is 43.8 Å². The van der Waals surface area contributed by atoms with Gasteiger partial charge in [-0.2, -0.15) is 8.42 Å². The number of ketones is 3. The van der Waals surface area contributed by atoms with E-state index in [0.29, 0.717) is 82.2 Å². The van der Waals surface area contributed by atoms with Crippen LogP contribution in [0.2, 0.25) is 0 Å². The number of allylic oxidation sites excluding steroid dienone is 3. The van der Waals surface area contributed by atoms with Crippen LogP contribution in [0.5, 0.6) is 0 Å². The molecule has 0 radical (unpaired) electrons. The van der Waals surface area contributed by atoms with Gasteiger partial charge in [0.2, 0.25) is 0 Å². The molecule has 5 atom stereocenters. The van der Waals surface area contributed by atoms with Crippen molar-refractivity contribution in [2.45, 2.75) is 113 Å². The summed E-state index contributed by atoms with van der Waals surface area (Å²) in [5.41, 5.74) is 5.74. The van der Waals surface area contributed by atoms with E-state index in [1.807, 2.05) is 168 Å². The molecule has 5 fully saturated rings. The van der Waals surface area contributed by atoms with Crippen LogP contribution < -0.4 is 16.0 Å². The van der Waals surface area contributed by atoms with Crippen molar-refractivity contribution in [1.82, 2.24) is 60.1 Å². The van der Waals surface area contributed by atoms with Crippen molar-refractivity contribution >= 4 is 68.6 Å². The molecule has 14 rings (SSSR count). The molecular formula is C89H96N14O14S. The van der Waals surface area contributed by atoms with Crippen LogP contribution in [-0.2, 0) is 94.4 Å². The molecule has 0 bridgehead atoms. The van der Waals surface area contributed by atoms with Crippen molar-refractivity contribution in [3.05, 3.63) is 318 Å². The average Bonchev–Trinajstić information content (AvgIpc) is 1.63. The molecule has 5 aromatic heterocycles. The molecule has 118 heavy (non-hydrogen) atoms. The largest absolute Gasteiger partial charge is 0.464 e. The number of aliphatic hydroxyl groups is 1. The molecule has 5 saturated heterocycles. The summed E-state index contributed by atoms with van der Waals surface area (Å²) in [7, 11) is 1.27. The highest BCUT2D eigenvalue weighted by Gasteiger charge is 2.51. The summed E-state index contributed by atoms with van der Waals surface area (Å²) < 4.78 is 39.5. The standard InChI is InChI=1S/C23H20N2O2.C18H21N5O2.C17H15NO2.C16H21N3O5S.C15H19N3O3/c26-22-23(13-16-27-22,17-18-11-14-24-15-12-18)25-21(19-7-3-1-4-8-19)20-9-5-2-6-10-20;1-14(24)11-16-21-18(17(25)22(16)2,5-9-23-10-8-20-13-23)12-15-3-6-19-7-4-15;19-17-15(11-12-20-17)18-16(13-7-3-1-4-8-13)14-9-5-2-6-10-14;1-12(20)10-14-18-16(15(21)19(14)2,6-9-24-25(3,22)23)11-13-4-7-17-8-5-13;1-11(20)9-13-17-15(5-8-19,14(21)18(13)2)10-12-3-6-16-7-4-12/h1-12,14-15H,13,16-17H2;3-4,6-8,10-11,13,21H,5,9,12H2,1-2H3;1-10,15H,11-12H2;4-5,7-8,10,18H,6,9,11H2,1-3H3;3-4,6-7,9,17,19H,5,8,10H2,1-2H3/b;16-11+;;14-10+;13-9+. The van der Waals surface area contributed by atoms with Gasteiger partial charge in [-0.1, -0.05) is 121 Å². The molecule has 10 heterocycles. The number of aliphatic imine (C=N–C) groups is 2. The van der Waals surface area contributed by atoms with E-state index in [9.17, 15) is 51.9 Å². The van der Waals surface area contributed by atoms with Gasteiger partial charge in [0, 0.05) is 188 Å². The zero-order valence-electron chi connectivity index (χ0n) is 66.8. The summed E-state index contributed by atoms with van der Waals surface area (Å²) in [6.07, 6.45) is 27.9. The van der Waals surface area contributed by atoms with E-state index < -0.39 is 32.3 Å². The number of imidazole rings is 1. The first kappa shape index (κ1) is 87.3. The number of pyridine rings is 4. The van der Waals surface area contributed by atoms with Crippen molar-refractivity contribution in [2.24, 2.45) is 9.98 Å². The molecule has 0 saturated carbocycles. The van der Waals surface area contributed by atoms with Crippen molar-refractivity contribution in [3.8, 4) is 0 Å². The van der Waals surface area contributed by atoms with Crippen molar-refractivity contribution in [2.75, 3.05) is 53.8 Å². The molecule has 5 aliphatic heterocycles. The number of nitrogens with zero attached hydrogens (tertiary/aromatic N) is 11. The Morgan fingerprint density at radius 1 is 0.500 bits per heavy atom. The van der Waals surface area contributed by atoms with Crippen LogP contribution in [0.3, 0.4) is 0 Å². The highest BCUT2D eigenvalue weighted by Crippen LogP contribution is 2.35. The summed E-state index contributed by atoms with van der Waals surface area (Å²) >= 11 is 0. The van der Waals surface area contributed by atoms with E-state index in [4.69, 9.17) is 18.6 Å². The van der Waals surface area contributed by atoms with E-state index in [2.05, 4.69) is 45.9 Å². The molecule has 0 aliphatic carbocycles.